The smallest absolute Gasteiger partial charge is 0.414 e. The lowest BCUT2D eigenvalue weighted by Crippen LogP contribution is -2.27. The van der Waals surface area contributed by atoms with Crippen LogP contribution in [0.15, 0.2) is 24.4 Å². The molecular formula is C14H23NO2. The average Bonchev–Trinajstić information content (AvgIpc) is 2.38. The van der Waals surface area contributed by atoms with Gasteiger partial charge in [0.2, 0.25) is 0 Å². The fraction of sp³-hybridized carbons (Fsp3) is 0.643. The molecule has 0 spiro atoms. The Bertz CT molecular complexity index is 271. The van der Waals surface area contributed by atoms with E-state index in [1.54, 1.807) is 11.1 Å². The van der Waals surface area contributed by atoms with Gasteiger partial charge in [-0.2, -0.15) is 0 Å². The van der Waals surface area contributed by atoms with E-state index in [4.69, 9.17) is 4.74 Å². The Labute approximate surface area is 104 Å². The minimum Gasteiger partial charge on any atom is -0.449 e. The van der Waals surface area contributed by atoms with Gasteiger partial charge in [-0.1, -0.05) is 51.2 Å². The molecule has 1 aliphatic heterocycles. The fourth-order valence-electron chi connectivity index (χ4n) is 1.73. The Morgan fingerprint density at radius 3 is 2.65 bits per heavy atom. The maximum absolute atomic E-state index is 11.6. The van der Waals surface area contributed by atoms with Crippen molar-refractivity contribution in [2.24, 2.45) is 0 Å². The highest BCUT2D eigenvalue weighted by Gasteiger charge is 2.11. The first-order valence-corrected chi connectivity index (χ1v) is 6.61. The molecule has 0 aromatic carbocycles. The molecule has 0 aromatic heterocycles. The van der Waals surface area contributed by atoms with Crippen molar-refractivity contribution in [1.29, 1.82) is 0 Å². The van der Waals surface area contributed by atoms with Crippen LogP contribution in [0.2, 0.25) is 0 Å². The molecule has 96 valence electrons. The zero-order valence-electron chi connectivity index (χ0n) is 10.7. The summed E-state index contributed by atoms with van der Waals surface area (Å²) in [6.07, 6.45) is 14.5. The van der Waals surface area contributed by atoms with E-state index < -0.39 is 0 Å². The maximum Gasteiger partial charge on any atom is 0.414 e. The molecule has 0 N–H and O–H groups in total. The van der Waals surface area contributed by atoms with Crippen LogP contribution in [0.1, 0.15) is 45.4 Å². The van der Waals surface area contributed by atoms with Gasteiger partial charge in [0.15, 0.2) is 0 Å². The summed E-state index contributed by atoms with van der Waals surface area (Å²) in [7, 11) is 0. The van der Waals surface area contributed by atoms with Gasteiger partial charge < -0.3 is 4.74 Å². The van der Waals surface area contributed by atoms with Crippen LogP contribution in [-0.4, -0.2) is 24.1 Å². The first-order valence-electron chi connectivity index (χ1n) is 6.61. The number of nitrogens with zero attached hydrogens (tertiary/aromatic N) is 1. The van der Waals surface area contributed by atoms with E-state index in [0.717, 1.165) is 12.8 Å². The minimum absolute atomic E-state index is 0.237. The number of hydrogen-bond acceptors (Lipinski definition) is 2. The van der Waals surface area contributed by atoms with Gasteiger partial charge in [0.1, 0.15) is 0 Å². The molecule has 0 saturated heterocycles. The molecule has 1 heterocycles. The zero-order valence-corrected chi connectivity index (χ0v) is 10.7. The summed E-state index contributed by atoms with van der Waals surface area (Å²) in [5.41, 5.74) is 0. The number of hydrogen-bond donors (Lipinski definition) is 0. The van der Waals surface area contributed by atoms with E-state index in [-0.39, 0.29) is 6.09 Å². The number of carbonyl (C=O) groups excluding carboxylic acids is 1. The van der Waals surface area contributed by atoms with Crippen LogP contribution in [-0.2, 0) is 4.74 Å². The van der Waals surface area contributed by atoms with Crippen molar-refractivity contribution >= 4 is 6.09 Å². The molecule has 3 nitrogen and oxygen atoms in total. The molecule has 3 heteroatoms. The van der Waals surface area contributed by atoms with Gasteiger partial charge in [-0.3, -0.25) is 4.90 Å². The SMILES string of the molecule is CCCCCCCCOC(=O)N1C=CC=CC1. The third-order valence-corrected chi connectivity index (χ3v) is 2.77. The molecule has 0 fully saturated rings. The normalized spacial score (nSPS) is 14.1. The largest absolute Gasteiger partial charge is 0.449 e. The third-order valence-electron chi connectivity index (χ3n) is 2.77. The Kier molecular flexibility index (Phi) is 7.19. The van der Waals surface area contributed by atoms with Crippen molar-refractivity contribution in [3.05, 3.63) is 24.4 Å². The lowest BCUT2D eigenvalue weighted by Gasteiger charge is -2.17. The molecule has 0 saturated carbocycles. The Hall–Kier alpha value is -1.25. The van der Waals surface area contributed by atoms with Gasteiger partial charge in [0, 0.05) is 12.7 Å². The van der Waals surface area contributed by atoms with Gasteiger partial charge in [0.25, 0.3) is 0 Å². The molecule has 1 rings (SSSR count). The van der Waals surface area contributed by atoms with E-state index in [0.29, 0.717) is 13.2 Å². The number of rotatable bonds is 7. The van der Waals surface area contributed by atoms with Crippen LogP contribution in [0.25, 0.3) is 0 Å². The maximum atomic E-state index is 11.6. The highest BCUT2D eigenvalue weighted by atomic mass is 16.6. The van der Waals surface area contributed by atoms with E-state index in [1.807, 2.05) is 18.2 Å². The molecule has 1 amide bonds. The highest BCUT2D eigenvalue weighted by Crippen LogP contribution is 2.06. The summed E-state index contributed by atoms with van der Waals surface area (Å²) in [5.74, 6) is 0. The fourth-order valence-corrected chi connectivity index (χ4v) is 1.73. The van der Waals surface area contributed by atoms with Gasteiger partial charge in [0.05, 0.1) is 6.61 Å². The van der Waals surface area contributed by atoms with E-state index in [2.05, 4.69) is 6.92 Å². The summed E-state index contributed by atoms with van der Waals surface area (Å²) in [6.45, 7) is 3.37. The van der Waals surface area contributed by atoms with Crippen molar-refractivity contribution in [3.63, 3.8) is 0 Å². The molecule has 17 heavy (non-hydrogen) atoms. The monoisotopic (exact) mass is 237 g/mol. The summed E-state index contributed by atoms with van der Waals surface area (Å²) in [6, 6.07) is 0. The molecule has 0 bridgehead atoms. The second-order valence-corrected chi connectivity index (χ2v) is 4.30. The van der Waals surface area contributed by atoms with Crippen molar-refractivity contribution in [2.75, 3.05) is 13.2 Å². The van der Waals surface area contributed by atoms with Crippen molar-refractivity contribution in [1.82, 2.24) is 4.90 Å². The molecule has 0 atom stereocenters. The standard InChI is InChI=1S/C14H23NO2/c1-2-3-4-5-6-10-13-17-14(16)15-11-8-7-9-12-15/h7-9,11H,2-6,10,12-13H2,1H3. The van der Waals surface area contributed by atoms with Crippen LogP contribution in [0, 0.1) is 0 Å². The summed E-state index contributed by atoms with van der Waals surface area (Å²) in [4.78, 5) is 13.1. The van der Waals surface area contributed by atoms with Crippen LogP contribution < -0.4 is 0 Å². The first kappa shape index (κ1) is 13.8. The predicted molar refractivity (Wildman–Crippen MR) is 69.7 cm³/mol. The first-order chi connectivity index (χ1) is 8.34. The second kappa shape index (κ2) is 8.85. The van der Waals surface area contributed by atoms with Gasteiger partial charge in [-0.25, -0.2) is 4.79 Å². The topological polar surface area (TPSA) is 29.5 Å². The summed E-state index contributed by atoms with van der Waals surface area (Å²) >= 11 is 0. The number of unbranched alkanes of at least 4 members (excludes halogenated alkanes) is 5. The molecule has 1 aliphatic rings. The van der Waals surface area contributed by atoms with Gasteiger partial charge in [-0.15, -0.1) is 0 Å². The van der Waals surface area contributed by atoms with Gasteiger partial charge >= 0.3 is 6.09 Å². The van der Waals surface area contributed by atoms with Crippen LogP contribution >= 0.6 is 0 Å². The summed E-state index contributed by atoms with van der Waals surface area (Å²) in [5, 5.41) is 0. The zero-order chi connectivity index (χ0) is 12.3. The second-order valence-electron chi connectivity index (χ2n) is 4.30. The summed E-state index contributed by atoms with van der Waals surface area (Å²) < 4.78 is 5.19. The minimum atomic E-state index is -0.237. The number of carbonyl (C=O) groups is 1. The number of allylic oxidation sites excluding steroid dienone is 2. The lowest BCUT2D eigenvalue weighted by atomic mass is 10.1. The Morgan fingerprint density at radius 1 is 1.18 bits per heavy atom. The van der Waals surface area contributed by atoms with E-state index in [9.17, 15) is 4.79 Å². The van der Waals surface area contributed by atoms with Crippen molar-refractivity contribution in [2.45, 2.75) is 45.4 Å². The Morgan fingerprint density at radius 2 is 1.94 bits per heavy atom. The van der Waals surface area contributed by atoms with E-state index in [1.165, 1.54) is 25.7 Å². The predicted octanol–water partition coefficient (Wildman–Crippen LogP) is 3.87. The lowest BCUT2D eigenvalue weighted by molar-refractivity contribution is 0.117. The Balaban J connectivity index is 1.97. The molecule has 0 radical (unpaired) electrons. The molecule has 0 aromatic rings. The molecule has 0 aliphatic carbocycles. The third kappa shape index (κ3) is 6.15. The number of ether oxygens (including phenoxy) is 1. The van der Waals surface area contributed by atoms with Crippen molar-refractivity contribution < 1.29 is 9.53 Å². The van der Waals surface area contributed by atoms with Crippen LogP contribution in [0.5, 0.6) is 0 Å². The van der Waals surface area contributed by atoms with Gasteiger partial charge in [-0.05, 0) is 12.5 Å². The molecule has 0 unspecified atom stereocenters. The molecular weight excluding hydrogens is 214 g/mol. The van der Waals surface area contributed by atoms with Crippen molar-refractivity contribution in [3.8, 4) is 0 Å². The average molecular weight is 237 g/mol. The van der Waals surface area contributed by atoms with E-state index >= 15 is 0 Å². The quantitative estimate of drug-likeness (QED) is 0.629. The highest BCUT2D eigenvalue weighted by molar-refractivity contribution is 5.69. The van der Waals surface area contributed by atoms with Crippen LogP contribution in [0.4, 0.5) is 4.79 Å². The number of amides is 1. The van der Waals surface area contributed by atoms with Crippen LogP contribution in [0.3, 0.4) is 0 Å².